The van der Waals surface area contributed by atoms with Crippen LogP contribution in [0.15, 0.2) is 182 Å². The van der Waals surface area contributed by atoms with Gasteiger partial charge in [0, 0.05) is 0 Å². The van der Waals surface area contributed by atoms with Crippen molar-refractivity contribution in [2.24, 2.45) is 0 Å². The van der Waals surface area contributed by atoms with Crippen molar-refractivity contribution in [1.29, 1.82) is 0 Å². The van der Waals surface area contributed by atoms with E-state index >= 15 is 0 Å². The molecule has 0 bridgehead atoms. The van der Waals surface area contributed by atoms with E-state index in [-0.39, 0.29) is 0 Å². The summed E-state index contributed by atoms with van der Waals surface area (Å²) < 4.78 is 0. The molecule has 0 heterocycles. The monoisotopic (exact) mass is 606 g/mol. The second-order valence-electron chi connectivity index (χ2n) is 12.8. The van der Waals surface area contributed by atoms with Crippen LogP contribution in [-0.4, -0.2) is 0 Å². The first-order chi connectivity index (χ1) is 23.8. The first-order valence-corrected chi connectivity index (χ1v) is 16.7. The summed E-state index contributed by atoms with van der Waals surface area (Å²) in [6.07, 6.45) is 0. The molecule has 1 aliphatic rings. The lowest BCUT2D eigenvalue weighted by molar-refractivity contribution is 1.59. The Morgan fingerprint density at radius 3 is 1.15 bits per heavy atom. The summed E-state index contributed by atoms with van der Waals surface area (Å²) in [5, 5.41) is 7.77. The Hall–Kier alpha value is -6.24. The lowest BCUT2D eigenvalue weighted by Gasteiger charge is -2.18. The van der Waals surface area contributed by atoms with Crippen LogP contribution in [0.3, 0.4) is 0 Å². The quantitative estimate of drug-likeness (QED) is 0.175. The van der Waals surface area contributed by atoms with E-state index < -0.39 is 0 Å². The fourth-order valence-corrected chi connectivity index (χ4v) is 8.18. The first kappa shape index (κ1) is 26.9. The van der Waals surface area contributed by atoms with Crippen molar-refractivity contribution < 1.29 is 0 Å². The second kappa shape index (κ2) is 10.7. The molecule has 0 spiro atoms. The average molecular weight is 607 g/mol. The number of rotatable bonds is 4. The summed E-state index contributed by atoms with van der Waals surface area (Å²) in [7, 11) is 0. The van der Waals surface area contributed by atoms with Gasteiger partial charge in [0.25, 0.3) is 0 Å². The molecular weight excluding hydrogens is 577 g/mol. The third-order valence-corrected chi connectivity index (χ3v) is 10.2. The molecular formula is C48H30. The zero-order chi connectivity index (χ0) is 31.6. The lowest BCUT2D eigenvalue weighted by atomic mass is 9.85. The summed E-state index contributed by atoms with van der Waals surface area (Å²) in [6.45, 7) is 0. The molecule has 0 atom stereocenters. The molecule has 0 amide bonds. The lowest BCUT2D eigenvalue weighted by Crippen LogP contribution is -1.91. The highest BCUT2D eigenvalue weighted by Gasteiger charge is 2.23. The fraction of sp³-hybridized carbons (Fsp3) is 0. The van der Waals surface area contributed by atoms with Crippen LogP contribution in [0.2, 0.25) is 0 Å². The Morgan fingerprint density at radius 2 is 0.562 bits per heavy atom. The summed E-state index contributed by atoms with van der Waals surface area (Å²) in [5.74, 6) is 0. The average Bonchev–Trinajstić information content (AvgIpc) is 3.49. The van der Waals surface area contributed by atoms with Gasteiger partial charge in [-0.15, -0.1) is 0 Å². The normalized spacial score (nSPS) is 11.8. The first-order valence-electron chi connectivity index (χ1n) is 16.7. The minimum Gasteiger partial charge on any atom is -0.0622 e. The third kappa shape index (κ3) is 3.96. The van der Waals surface area contributed by atoms with Crippen molar-refractivity contribution in [3.8, 4) is 66.8 Å². The predicted octanol–water partition coefficient (Wildman–Crippen LogP) is 13.5. The number of hydrogen-bond donors (Lipinski definition) is 0. The van der Waals surface area contributed by atoms with Gasteiger partial charge >= 0.3 is 0 Å². The molecule has 222 valence electrons. The SMILES string of the molecule is c1ccc(-c2c3ccccc3c(-c3ccc(-c4ccccc4-c4ccc5c6c(cccc46)-c4ccccc4-5)cc3)c3ccccc23)cc1. The molecule has 0 nitrogen and oxygen atoms in total. The zero-order valence-corrected chi connectivity index (χ0v) is 26.3. The summed E-state index contributed by atoms with van der Waals surface area (Å²) in [6, 6.07) is 66.9. The molecule has 0 radical (unpaired) electrons. The highest BCUT2D eigenvalue weighted by molar-refractivity contribution is 6.22. The Morgan fingerprint density at radius 1 is 0.188 bits per heavy atom. The van der Waals surface area contributed by atoms with Gasteiger partial charge < -0.3 is 0 Å². The van der Waals surface area contributed by atoms with E-state index in [9.17, 15) is 0 Å². The van der Waals surface area contributed by atoms with Gasteiger partial charge in [0.2, 0.25) is 0 Å². The topological polar surface area (TPSA) is 0 Å². The molecule has 1 aliphatic carbocycles. The zero-order valence-electron chi connectivity index (χ0n) is 26.3. The van der Waals surface area contributed by atoms with Gasteiger partial charge in [-0.3, -0.25) is 0 Å². The number of hydrogen-bond acceptors (Lipinski definition) is 0. The van der Waals surface area contributed by atoms with E-state index in [4.69, 9.17) is 0 Å². The van der Waals surface area contributed by atoms with E-state index in [2.05, 4.69) is 182 Å². The van der Waals surface area contributed by atoms with Gasteiger partial charge in [-0.1, -0.05) is 182 Å². The standard InChI is InChI=1S/C48H30/c1-2-13-32(14-3-1)46-41-19-8-10-21-43(41)47(44-22-11-9-20-42(44)46)33-27-25-31(26-28-33)34-15-4-5-16-35(34)38-29-30-45-37-18-7-6-17-36(37)39-23-12-24-40(38)48(39)45/h1-30H. The van der Waals surface area contributed by atoms with Crippen LogP contribution in [0.5, 0.6) is 0 Å². The van der Waals surface area contributed by atoms with E-state index in [1.165, 1.54) is 99.1 Å². The Kier molecular flexibility index (Phi) is 5.98. The molecule has 48 heavy (non-hydrogen) atoms. The van der Waals surface area contributed by atoms with Crippen molar-refractivity contribution in [2.75, 3.05) is 0 Å². The van der Waals surface area contributed by atoms with Crippen LogP contribution in [0.1, 0.15) is 0 Å². The molecule has 0 fully saturated rings. The maximum Gasteiger partial charge on any atom is -0.00201 e. The molecule has 0 saturated heterocycles. The minimum atomic E-state index is 1.22. The summed E-state index contributed by atoms with van der Waals surface area (Å²) >= 11 is 0. The fourth-order valence-electron chi connectivity index (χ4n) is 8.18. The van der Waals surface area contributed by atoms with E-state index in [0.29, 0.717) is 0 Å². The molecule has 0 aromatic heterocycles. The van der Waals surface area contributed by atoms with Gasteiger partial charge in [0.15, 0.2) is 0 Å². The van der Waals surface area contributed by atoms with Crippen LogP contribution >= 0.6 is 0 Å². The van der Waals surface area contributed by atoms with Crippen molar-refractivity contribution in [3.05, 3.63) is 182 Å². The van der Waals surface area contributed by atoms with Crippen molar-refractivity contribution in [3.63, 3.8) is 0 Å². The van der Waals surface area contributed by atoms with Crippen LogP contribution in [0, 0.1) is 0 Å². The molecule has 9 aromatic carbocycles. The van der Waals surface area contributed by atoms with Gasteiger partial charge in [-0.2, -0.15) is 0 Å². The summed E-state index contributed by atoms with van der Waals surface area (Å²) in [4.78, 5) is 0. The largest absolute Gasteiger partial charge is 0.0622 e. The second-order valence-corrected chi connectivity index (χ2v) is 12.8. The minimum absolute atomic E-state index is 1.22. The highest BCUT2D eigenvalue weighted by atomic mass is 14.3. The van der Waals surface area contributed by atoms with Gasteiger partial charge in [-0.05, 0) is 99.1 Å². The smallest absolute Gasteiger partial charge is 0.00201 e. The third-order valence-electron chi connectivity index (χ3n) is 10.2. The maximum atomic E-state index is 2.32. The van der Waals surface area contributed by atoms with Gasteiger partial charge in [-0.25, -0.2) is 0 Å². The molecule has 0 aliphatic heterocycles. The number of benzene rings is 9. The van der Waals surface area contributed by atoms with E-state index in [1.807, 2.05) is 0 Å². The Balaban J connectivity index is 1.13. The van der Waals surface area contributed by atoms with Crippen LogP contribution in [0.25, 0.3) is 99.1 Å². The van der Waals surface area contributed by atoms with E-state index in [1.54, 1.807) is 0 Å². The molecule has 10 rings (SSSR count). The molecule has 0 N–H and O–H groups in total. The van der Waals surface area contributed by atoms with Crippen LogP contribution in [0.4, 0.5) is 0 Å². The number of fused-ring (bicyclic) bond motifs is 5. The van der Waals surface area contributed by atoms with Crippen LogP contribution in [-0.2, 0) is 0 Å². The molecule has 0 unspecified atom stereocenters. The Bertz CT molecular complexity index is 2610. The van der Waals surface area contributed by atoms with E-state index in [0.717, 1.165) is 0 Å². The van der Waals surface area contributed by atoms with Crippen molar-refractivity contribution >= 4 is 32.3 Å². The van der Waals surface area contributed by atoms with Crippen LogP contribution < -0.4 is 0 Å². The predicted molar refractivity (Wildman–Crippen MR) is 205 cm³/mol. The molecule has 9 aromatic rings. The molecule has 0 heteroatoms. The maximum absolute atomic E-state index is 2.32. The summed E-state index contributed by atoms with van der Waals surface area (Å²) in [5.41, 5.74) is 15.4. The van der Waals surface area contributed by atoms with Crippen molar-refractivity contribution in [2.45, 2.75) is 0 Å². The van der Waals surface area contributed by atoms with Gasteiger partial charge in [0.05, 0.1) is 0 Å². The van der Waals surface area contributed by atoms with Gasteiger partial charge in [0.1, 0.15) is 0 Å². The highest BCUT2D eigenvalue weighted by Crippen LogP contribution is 2.50. The molecule has 0 saturated carbocycles. The van der Waals surface area contributed by atoms with Crippen molar-refractivity contribution in [1.82, 2.24) is 0 Å². The Labute approximate surface area is 280 Å².